The van der Waals surface area contributed by atoms with Crippen molar-refractivity contribution in [2.75, 3.05) is 26.8 Å². The van der Waals surface area contributed by atoms with Gasteiger partial charge in [0.25, 0.3) is 5.91 Å². The Morgan fingerprint density at radius 3 is 2.88 bits per heavy atom. The Bertz CT molecular complexity index is 430. The standard InChI is InChI=1S/C12H14BrNO3/c1-17-9-2-3-11(13)10(4-9)12(16)14-5-8(6-14)7-15/h2-4,8,15H,5-7H2,1H3. The van der Waals surface area contributed by atoms with Gasteiger partial charge in [0.2, 0.25) is 0 Å². The normalized spacial score (nSPS) is 15.6. The lowest BCUT2D eigenvalue weighted by atomic mass is 10.00. The van der Waals surface area contributed by atoms with Crippen molar-refractivity contribution in [3.8, 4) is 5.75 Å². The molecule has 2 rings (SSSR count). The van der Waals surface area contributed by atoms with E-state index in [-0.39, 0.29) is 18.4 Å². The van der Waals surface area contributed by atoms with Crippen LogP contribution in [0.5, 0.6) is 5.75 Å². The molecule has 0 unspecified atom stereocenters. The van der Waals surface area contributed by atoms with Crippen molar-refractivity contribution in [1.82, 2.24) is 4.90 Å². The number of likely N-dealkylation sites (tertiary alicyclic amines) is 1. The Hall–Kier alpha value is -1.07. The molecule has 4 nitrogen and oxygen atoms in total. The number of benzene rings is 1. The first-order chi connectivity index (χ1) is 8.15. The van der Waals surface area contributed by atoms with Gasteiger partial charge in [0.05, 0.1) is 12.7 Å². The zero-order valence-electron chi connectivity index (χ0n) is 9.52. The quantitative estimate of drug-likeness (QED) is 0.921. The van der Waals surface area contributed by atoms with Gasteiger partial charge in [-0.2, -0.15) is 0 Å². The molecule has 1 heterocycles. The minimum Gasteiger partial charge on any atom is -0.497 e. The second-order valence-corrected chi connectivity index (χ2v) is 4.96. The Balaban J connectivity index is 2.14. The van der Waals surface area contributed by atoms with E-state index >= 15 is 0 Å². The van der Waals surface area contributed by atoms with Crippen molar-refractivity contribution in [3.05, 3.63) is 28.2 Å². The highest BCUT2D eigenvalue weighted by Gasteiger charge is 2.31. The average Bonchev–Trinajstić information content (AvgIpc) is 2.28. The summed E-state index contributed by atoms with van der Waals surface area (Å²) in [5.74, 6) is 0.861. The van der Waals surface area contributed by atoms with E-state index in [1.807, 2.05) is 0 Å². The second-order valence-electron chi connectivity index (χ2n) is 4.10. The second kappa shape index (κ2) is 5.06. The van der Waals surface area contributed by atoms with Gasteiger partial charge in [-0.15, -0.1) is 0 Å². The van der Waals surface area contributed by atoms with E-state index < -0.39 is 0 Å². The zero-order valence-corrected chi connectivity index (χ0v) is 11.1. The van der Waals surface area contributed by atoms with Gasteiger partial charge in [-0.3, -0.25) is 4.79 Å². The summed E-state index contributed by atoms with van der Waals surface area (Å²) in [6, 6.07) is 5.32. The van der Waals surface area contributed by atoms with Crippen LogP contribution in [-0.4, -0.2) is 42.7 Å². The molecule has 0 saturated carbocycles. The summed E-state index contributed by atoms with van der Waals surface area (Å²) in [6.07, 6.45) is 0. The molecule has 1 amide bonds. The number of hydrogen-bond acceptors (Lipinski definition) is 3. The van der Waals surface area contributed by atoms with Crippen LogP contribution in [-0.2, 0) is 0 Å². The van der Waals surface area contributed by atoms with Gasteiger partial charge in [-0.05, 0) is 34.1 Å². The summed E-state index contributed by atoms with van der Waals surface area (Å²) in [6.45, 7) is 1.39. The molecule has 17 heavy (non-hydrogen) atoms. The summed E-state index contributed by atoms with van der Waals surface area (Å²) in [5.41, 5.74) is 0.598. The number of amides is 1. The van der Waals surface area contributed by atoms with Crippen LogP contribution in [0.4, 0.5) is 0 Å². The van der Waals surface area contributed by atoms with E-state index in [2.05, 4.69) is 15.9 Å². The maximum Gasteiger partial charge on any atom is 0.255 e. The molecule has 1 aliphatic heterocycles. The number of carbonyl (C=O) groups is 1. The lowest BCUT2D eigenvalue weighted by Crippen LogP contribution is -2.51. The molecule has 0 radical (unpaired) electrons. The molecule has 1 saturated heterocycles. The third kappa shape index (κ3) is 2.45. The Kier molecular flexibility index (Phi) is 3.69. The predicted octanol–water partition coefficient (Wildman–Crippen LogP) is 1.52. The molecule has 0 atom stereocenters. The van der Waals surface area contributed by atoms with Gasteiger partial charge < -0.3 is 14.7 Å². The highest BCUT2D eigenvalue weighted by molar-refractivity contribution is 9.10. The summed E-state index contributed by atoms with van der Waals surface area (Å²) in [7, 11) is 1.57. The van der Waals surface area contributed by atoms with Crippen molar-refractivity contribution in [3.63, 3.8) is 0 Å². The fourth-order valence-corrected chi connectivity index (χ4v) is 2.23. The highest BCUT2D eigenvalue weighted by Crippen LogP contribution is 2.26. The lowest BCUT2D eigenvalue weighted by molar-refractivity contribution is 0.0361. The molecule has 1 N–H and O–H groups in total. The lowest BCUT2D eigenvalue weighted by Gasteiger charge is -2.38. The van der Waals surface area contributed by atoms with E-state index in [9.17, 15) is 4.79 Å². The number of ether oxygens (including phenoxy) is 1. The molecule has 1 aromatic rings. The van der Waals surface area contributed by atoms with E-state index in [0.717, 1.165) is 4.47 Å². The van der Waals surface area contributed by atoms with Crippen molar-refractivity contribution in [2.45, 2.75) is 0 Å². The van der Waals surface area contributed by atoms with E-state index in [1.54, 1.807) is 30.2 Å². The van der Waals surface area contributed by atoms with Crippen LogP contribution in [0.2, 0.25) is 0 Å². The van der Waals surface area contributed by atoms with Crippen molar-refractivity contribution in [1.29, 1.82) is 0 Å². The molecular weight excluding hydrogens is 286 g/mol. The van der Waals surface area contributed by atoms with Crippen LogP contribution >= 0.6 is 15.9 Å². The molecular formula is C12H14BrNO3. The number of nitrogens with zero attached hydrogens (tertiary/aromatic N) is 1. The van der Waals surface area contributed by atoms with Gasteiger partial charge in [-0.1, -0.05) is 0 Å². The van der Waals surface area contributed by atoms with Gasteiger partial charge >= 0.3 is 0 Å². The summed E-state index contributed by atoms with van der Waals surface area (Å²) in [4.78, 5) is 13.9. The maximum atomic E-state index is 12.1. The largest absolute Gasteiger partial charge is 0.497 e. The SMILES string of the molecule is COc1ccc(Br)c(C(=O)N2CC(CO)C2)c1. The number of hydrogen-bond donors (Lipinski definition) is 1. The fraction of sp³-hybridized carbons (Fsp3) is 0.417. The molecule has 1 fully saturated rings. The van der Waals surface area contributed by atoms with Gasteiger partial charge in [0, 0.05) is 30.1 Å². The van der Waals surface area contributed by atoms with Gasteiger partial charge in [0.1, 0.15) is 5.75 Å². The van der Waals surface area contributed by atoms with Crippen LogP contribution in [0.15, 0.2) is 22.7 Å². The topological polar surface area (TPSA) is 49.8 Å². The first kappa shape index (κ1) is 12.4. The molecule has 0 bridgehead atoms. The van der Waals surface area contributed by atoms with Crippen molar-refractivity contribution < 1.29 is 14.6 Å². The number of carbonyl (C=O) groups excluding carboxylic acids is 1. The smallest absolute Gasteiger partial charge is 0.255 e. The van der Waals surface area contributed by atoms with E-state index in [1.165, 1.54) is 0 Å². The highest BCUT2D eigenvalue weighted by atomic mass is 79.9. The number of methoxy groups -OCH3 is 1. The Labute approximate surface area is 108 Å². The Morgan fingerprint density at radius 1 is 1.59 bits per heavy atom. The monoisotopic (exact) mass is 299 g/mol. The van der Waals surface area contributed by atoms with Gasteiger partial charge in [0.15, 0.2) is 0 Å². The van der Waals surface area contributed by atoms with Crippen LogP contribution < -0.4 is 4.74 Å². The Morgan fingerprint density at radius 2 is 2.29 bits per heavy atom. The third-order valence-electron chi connectivity index (χ3n) is 2.91. The molecule has 1 aromatic carbocycles. The van der Waals surface area contributed by atoms with E-state index in [4.69, 9.17) is 9.84 Å². The first-order valence-electron chi connectivity index (χ1n) is 5.39. The molecule has 0 spiro atoms. The maximum absolute atomic E-state index is 12.1. The van der Waals surface area contributed by atoms with E-state index in [0.29, 0.717) is 24.4 Å². The number of rotatable bonds is 3. The minimum atomic E-state index is -0.0273. The van der Waals surface area contributed by atoms with Crippen LogP contribution in [0.1, 0.15) is 10.4 Å². The van der Waals surface area contributed by atoms with Crippen molar-refractivity contribution in [2.24, 2.45) is 5.92 Å². The fourth-order valence-electron chi connectivity index (χ4n) is 1.82. The molecule has 0 aliphatic carbocycles. The number of aliphatic hydroxyl groups excluding tert-OH is 1. The molecule has 1 aliphatic rings. The molecule has 92 valence electrons. The molecule has 5 heteroatoms. The van der Waals surface area contributed by atoms with Crippen LogP contribution in [0.3, 0.4) is 0 Å². The summed E-state index contributed by atoms with van der Waals surface area (Å²) in [5, 5.41) is 8.93. The minimum absolute atomic E-state index is 0.0273. The predicted molar refractivity (Wildman–Crippen MR) is 67.2 cm³/mol. The number of halogens is 1. The van der Waals surface area contributed by atoms with Crippen LogP contribution in [0, 0.1) is 5.92 Å². The zero-order chi connectivity index (χ0) is 12.4. The average molecular weight is 300 g/mol. The van der Waals surface area contributed by atoms with Gasteiger partial charge in [-0.25, -0.2) is 0 Å². The third-order valence-corrected chi connectivity index (χ3v) is 3.60. The summed E-state index contributed by atoms with van der Waals surface area (Å²) >= 11 is 3.36. The number of aliphatic hydroxyl groups is 1. The first-order valence-corrected chi connectivity index (χ1v) is 6.18. The van der Waals surface area contributed by atoms with Crippen molar-refractivity contribution >= 4 is 21.8 Å². The molecule has 0 aromatic heterocycles. The summed E-state index contributed by atoms with van der Waals surface area (Å²) < 4.78 is 5.86. The van der Waals surface area contributed by atoms with Crippen LogP contribution in [0.25, 0.3) is 0 Å².